The first-order chi connectivity index (χ1) is 15.8. The summed E-state index contributed by atoms with van der Waals surface area (Å²) in [5.74, 6) is -0.150. The predicted molar refractivity (Wildman–Crippen MR) is 137 cm³/mol. The summed E-state index contributed by atoms with van der Waals surface area (Å²) in [6, 6.07) is 40.1. The van der Waals surface area contributed by atoms with Crippen molar-refractivity contribution >= 4 is 34.1 Å². The summed E-state index contributed by atoms with van der Waals surface area (Å²) in [4.78, 5) is 0. The first-order valence-corrected chi connectivity index (χ1v) is 13.0. The van der Waals surface area contributed by atoms with Gasteiger partial charge in [-0.05, 0) is 48.5 Å². The van der Waals surface area contributed by atoms with Gasteiger partial charge in [-0.1, -0.05) is 66.7 Å². The molecule has 0 radical (unpaired) electrons. The van der Waals surface area contributed by atoms with Gasteiger partial charge in [-0.15, -0.1) is 0 Å². The summed E-state index contributed by atoms with van der Waals surface area (Å²) in [5.41, 5.74) is 0.704. The van der Waals surface area contributed by atoms with E-state index in [0.29, 0.717) is 5.52 Å². The third-order valence-electron chi connectivity index (χ3n) is 6.22. The lowest BCUT2D eigenvalue weighted by Gasteiger charge is -2.28. The van der Waals surface area contributed by atoms with Crippen LogP contribution in [0.2, 0.25) is 0 Å². The second-order valence-electron chi connectivity index (χ2n) is 8.08. The van der Waals surface area contributed by atoms with Crippen molar-refractivity contribution in [3.8, 4) is 0 Å². The molecule has 33 heavy (non-hydrogen) atoms. The maximum Gasteiger partial charge on any atom is 0.147 e. The molecule has 1 aromatic heterocycles. The number of aryl methyl sites for hydroxylation is 1. The van der Waals surface area contributed by atoms with Crippen LogP contribution in [0.5, 0.6) is 0 Å². The summed E-state index contributed by atoms with van der Waals surface area (Å²) in [6.45, 7) is 0.790. The molecule has 1 nitrogen and oxygen atoms in total. The molecule has 0 fully saturated rings. The van der Waals surface area contributed by atoms with Crippen LogP contribution < -0.4 is 39.9 Å². The molecule has 4 heteroatoms. The van der Waals surface area contributed by atoms with Gasteiger partial charge in [0.2, 0.25) is 0 Å². The number of fused-ring (bicyclic) bond motifs is 1. The number of aromatic nitrogens is 1. The van der Waals surface area contributed by atoms with Crippen LogP contribution >= 0.6 is 7.26 Å². The average Bonchev–Trinajstić information content (AvgIpc) is 3.28. The maximum atomic E-state index is 14.5. The smallest absolute Gasteiger partial charge is 0.147 e. The lowest BCUT2D eigenvalue weighted by Crippen LogP contribution is -3.00. The van der Waals surface area contributed by atoms with Gasteiger partial charge < -0.3 is 28.5 Å². The van der Waals surface area contributed by atoms with Crippen LogP contribution in [0, 0.1) is 5.82 Å². The van der Waals surface area contributed by atoms with Gasteiger partial charge in [0.1, 0.15) is 29.0 Å². The van der Waals surface area contributed by atoms with Gasteiger partial charge >= 0.3 is 0 Å². The first kappa shape index (κ1) is 23.7. The Bertz CT molecular complexity index is 1210. The minimum atomic E-state index is -1.85. The van der Waals surface area contributed by atoms with E-state index in [1.807, 2.05) is 18.3 Å². The molecule has 0 aliphatic rings. The molecule has 0 aliphatic carbocycles. The third kappa shape index (κ3) is 4.62. The molecule has 0 N–H and O–H groups in total. The highest BCUT2D eigenvalue weighted by atomic mass is 127. The highest BCUT2D eigenvalue weighted by molar-refractivity contribution is 7.95. The Morgan fingerprint density at radius 3 is 1.64 bits per heavy atom. The molecule has 0 aliphatic heterocycles. The molecule has 4 aromatic carbocycles. The van der Waals surface area contributed by atoms with Crippen LogP contribution in [0.4, 0.5) is 4.39 Å². The van der Waals surface area contributed by atoms with E-state index in [9.17, 15) is 4.39 Å². The van der Waals surface area contributed by atoms with E-state index in [-0.39, 0.29) is 29.8 Å². The van der Waals surface area contributed by atoms with Crippen molar-refractivity contribution in [1.29, 1.82) is 0 Å². The van der Waals surface area contributed by atoms with E-state index in [4.69, 9.17) is 0 Å². The number of hydrogen-bond acceptors (Lipinski definition) is 0. The molecular formula is C29H26FINP. The molecule has 5 aromatic rings. The zero-order chi connectivity index (χ0) is 21.8. The summed E-state index contributed by atoms with van der Waals surface area (Å²) in [5, 5.41) is 5.13. The number of para-hydroxylation sites is 1. The minimum absolute atomic E-state index is 0. The highest BCUT2D eigenvalue weighted by Gasteiger charge is 2.44. The fourth-order valence-electron chi connectivity index (χ4n) is 4.76. The Hall–Kier alpha value is -2.49. The highest BCUT2D eigenvalue weighted by Crippen LogP contribution is 2.55. The van der Waals surface area contributed by atoms with Crippen LogP contribution in [0.15, 0.2) is 121 Å². The molecule has 0 saturated carbocycles. The van der Waals surface area contributed by atoms with Gasteiger partial charge in [0, 0.05) is 24.5 Å². The Labute approximate surface area is 212 Å². The Morgan fingerprint density at radius 2 is 1.12 bits per heavy atom. The van der Waals surface area contributed by atoms with Crippen LogP contribution in [0.1, 0.15) is 6.42 Å². The van der Waals surface area contributed by atoms with Gasteiger partial charge in [0.25, 0.3) is 0 Å². The van der Waals surface area contributed by atoms with Crippen molar-refractivity contribution in [2.75, 3.05) is 6.16 Å². The summed E-state index contributed by atoms with van der Waals surface area (Å²) in [6.07, 6.45) is 4.01. The topological polar surface area (TPSA) is 4.93 Å². The van der Waals surface area contributed by atoms with Gasteiger partial charge in [-0.25, -0.2) is 4.39 Å². The van der Waals surface area contributed by atoms with E-state index in [0.717, 1.165) is 24.5 Å². The van der Waals surface area contributed by atoms with Crippen LogP contribution in [-0.4, -0.2) is 10.7 Å². The number of nitrogens with zero attached hydrogens (tertiary/aromatic N) is 1. The predicted octanol–water partition coefficient (Wildman–Crippen LogP) is 3.17. The number of benzene rings is 4. The molecule has 1 heterocycles. The molecule has 0 atom stereocenters. The van der Waals surface area contributed by atoms with Gasteiger partial charge in [-0.3, -0.25) is 0 Å². The van der Waals surface area contributed by atoms with Crippen LogP contribution in [0.25, 0.3) is 10.9 Å². The molecule has 0 spiro atoms. The zero-order valence-corrected chi connectivity index (χ0v) is 21.4. The average molecular weight is 565 g/mol. The van der Waals surface area contributed by atoms with Crippen LogP contribution in [0.3, 0.4) is 0 Å². The fourth-order valence-corrected chi connectivity index (χ4v) is 9.09. The third-order valence-corrected chi connectivity index (χ3v) is 10.7. The molecule has 0 amide bonds. The molecule has 0 unspecified atom stereocenters. The Morgan fingerprint density at radius 1 is 0.606 bits per heavy atom. The van der Waals surface area contributed by atoms with Crippen LogP contribution in [-0.2, 0) is 6.54 Å². The first-order valence-electron chi connectivity index (χ1n) is 11.1. The molecular weight excluding hydrogens is 539 g/mol. The zero-order valence-electron chi connectivity index (χ0n) is 18.3. The summed E-state index contributed by atoms with van der Waals surface area (Å²) >= 11 is 0. The maximum absolute atomic E-state index is 14.5. The van der Waals surface area contributed by atoms with Crippen molar-refractivity contribution in [3.63, 3.8) is 0 Å². The lowest BCUT2D eigenvalue weighted by molar-refractivity contribution is -0.00000674. The molecule has 0 saturated heterocycles. The van der Waals surface area contributed by atoms with E-state index >= 15 is 0 Å². The SMILES string of the molecule is Fc1cccc2ccn(CCC[P+](c3ccccc3)(c3ccccc3)c3ccccc3)c12.[I-]. The van der Waals surface area contributed by atoms with Crippen molar-refractivity contribution in [2.24, 2.45) is 0 Å². The van der Waals surface area contributed by atoms with Gasteiger partial charge in [0.15, 0.2) is 0 Å². The van der Waals surface area contributed by atoms with Gasteiger partial charge in [-0.2, -0.15) is 0 Å². The lowest BCUT2D eigenvalue weighted by atomic mass is 10.2. The van der Waals surface area contributed by atoms with E-state index < -0.39 is 7.26 Å². The fraction of sp³-hybridized carbons (Fsp3) is 0.103. The number of rotatable bonds is 7. The van der Waals surface area contributed by atoms with Crippen molar-refractivity contribution in [1.82, 2.24) is 4.57 Å². The second-order valence-corrected chi connectivity index (χ2v) is 11.7. The van der Waals surface area contributed by atoms with Crippen molar-refractivity contribution in [2.45, 2.75) is 13.0 Å². The van der Waals surface area contributed by atoms with Gasteiger partial charge in [0.05, 0.1) is 11.7 Å². The Kier molecular flexibility index (Phi) is 7.62. The molecule has 5 rings (SSSR count). The standard InChI is InChI=1S/C29H26FNP.HI/c30-28-19-10-12-24-20-22-31(29(24)28)21-11-23-32(25-13-4-1-5-14-25,26-15-6-2-7-16-26)27-17-8-3-9-18-27;/h1-10,12-20,22H,11,21,23H2;1H/q+1;/p-1. The van der Waals surface area contributed by atoms with E-state index in [1.54, 1.807) is 12.1 Å². The van der Waals surface area contributed by atoms with E-state index in [2.05, 4.69) is 95.6 Å². The monoisotopic (exact) mass is 565 g/mol. The molecule has 0 bridgehead atoms. The number of halogens is 2. The molecule has 166 valence electrons. The van der Waals surface area contributed by atoms with Crippen molar-refractivity contribution in [3.05, 3.63) is 127 Å². The van der Waals surface area contributed by atoms with E-state index in [1.165, 1.54) is 15.9 Å². The number of hydrogen-bond donors (Lipinski definition) is 0. The normalized spacial score (nSPS) is 11.3. The minimum Gasteiger partial charge on any atom is -1.00 e. The second kappa shape index (κ2) is 10.6. The van der Waals surface area contributed by atoms with Crippen molar-refractivity contribution < 1.29 is 28.4 Å². The quantitative estimate of drug-likeness (QED) is 0.211. The largest absolute Gasteiger partial charge is 1.00 e. The summed E-state index contributed by atoms with van der Waals surface area (Å²) < 4.78 is 16.6. The summed E-state index contributed by atoms with van der Waals surface area (Å²) in [7, 11) is -1.85. The Balaban J connectivity index is 0.00000259.